The highest BCUT2D eigenvalue weighted by Crippen LogP contribution is 2.29. The lowest BCUT2D eigenvalue weighted by Crippen LogP contribution is -2.38. The summed E-state index contributed by atoms with van der Waals surface area (Å²) in [4.78, 5) is 27.8. The summed E-state index contributed by atoms with van der Waals surface area (Å²) in [6, 6.07) is 5.12. The average molecular weight is 323 g/mol. The van der Waals surface area contributed by atoms with Gasteiger partial charge in [0.2, 0.25) is 0 Å². The molecule has 1 atom stereocenters. The summed E-state index contributed by atoms with van der Waals surface area (Å²) in [5.41, 5.74) is 1.13. The summed E-state index contributed by atoms with van der Waals surface area (Å²) in [6.45, 7) is 2.89. The fourth-order valence-corrected chi connectivity index (χ4v) is 3.11. The standard InChI is InChI=1S/C15H19ClN4O2/c1-19(11-4-5-17-9-11)14(21)10-2-3-12(16)13(8-10)20-7-6-18-15(20)22/h2-3,8,11,17H,4-7,9H2,1H3,(H,18,22)/t11-/m0/s1. The van der Waals surface area contributed by atoms with Crippen LogP contribution in [-0.2, 0) is 0 Å². The maximum Gasteiger partial charge on any atom is 0.322 e. The van der Waals surface area contributed by atoms with Crippen LogP contribution in [-0.4, -0.2) is 56.1 Å². The lowest BCUT2D eigenvalue weighted by Gasteiger charge is -2.24. The largest absolute Gasteiger partial charge is 0.337 e. The number of carbonyl (C=O) groups is 2. The van der Waals surface area contributed by atoms with Gasteiger partial charge in [-0.3, -0.25) is 9.69 Å². The van der Waals surface area contributed by atoms with Crippen LogP contribution < -0.4 is 15.5 Å². The molecule has 2 saturated heterocycles. The Morgan fingerprint density at radius 2 is 2.23 bits per heavy atom. The summed E-state index contributed by atoms with van der Waals surface area (Å²) < 4.78 is 0. The molecule has 1 aromatic rings. The molecule has 2 N–H and O–H groups in total. The summed E-state index contributed by atoms with van der Waals surface area (Å²) >= 11 is 6.20. The van der Waals surface area contributed by atoms with Gasteiger partial charge in [-0.1, -0.05) is 11.6 Å². The van der Waals surface area contributed by atoms with E-state index in [-0.39, 0.29) is 18.0 Å². The highest BCUT2D eigenvalue weighted by molar-refractivity contribution is 6.34. The molecule has 3 rings (SSSR count). The van der Waals surface area contributed by atoms with E-state index in [1.165, 1.54) is 0 Å². The van der Waals surface area contributed by atoms with Crippen LogP contribution in [0.25, 0.3) is 0 Å². The number of amides is 3. The number of nitrogens with one attached hydrogen (secondary N) is 2. The number of carbonyl (C=O) groups excluding carboxylic acids is 2. The summed E-state index contributed by atoms with van der Waals surface area (Å²) in [6.07, 6.45) is 0.956. The van der Waals surface area contributed by atoms with E-state index in [1.54, 1.807) is 28.0 Å². The molecule has 0 radical (unpaired) electrons. The first-order valence-corrected chi connectivity index (χ1v) is 7.78. The first-order chi connectivity index (χ1) is 10.6. The number of rotatable bonds is 3. The van der Waals surface area contributed by atoms with Gasteiger partial charge in [0.1, 0.15) is 0 Å². The van der Waals surface area contributed by atoms with E-state index in [4.69, 9.17) is 11.6 Å². The predicted molar refractivity (Wildman–Crippen MR) is 85.6 cm³/mol. The number of urea groups is 1. The molecule has 2 aliphatic rings. The predicted octanol–water partition coefficient (Wildman–Crippen LogP) is 1.30. The van der Waals surface area contributed by atoms with Gasteiger partial charge in [0.25, 0.3) is 5.91 Å². The number of hydrogen-bond donors (Lipinski definition) is 2. The van der Waals surface area contributed by atoms with Crippen molar-refractivity contribution in [2.75, 3.05) is 38.1 Å². The van der Waals surface area contributed by atoms with Crippen LogP contribution in [0.15, 0.2) is 18.2 Å². The second-order valence-electron chi connectivity index (χ2n) is 5.61. The molecule has 0 aromatic heterocycles. The van der Waals surface area contributed by atoms with Crippen molar-refractivity contribution in [3.05, 3.63) is 28.8 Å². The van der Waals surface area contributed by atoms with Crippen LogP contribution in [0, 0.1) is 0 Å². The average Bonchev–Trinajstić information content (AvgIpc) is 3.18. The molecule has 0 unspecified atom stereocenters. The van der Waals surface area contributed by atoms with Gasteiger partial charge in [-0.15, -0.1) is 0 Å². The second kappa shape index (κ2) is 6.14. The van der Waals surface area contributed by atoms with Crippen LogP contribution >= 0.6 is 11.6 Å². The third kappa shape index (κ3) is 2.76. The Labute approximate surface area is 134 Å². The van der Waals surface area contributed by atoms with Crippen LogP contribution in [0.3, 0.4) is 0 Å². The zero-order chi connectivity index (χ0) is 15.7. The van der Waals surface area contributed by atoms with E-state index in [2.05, 4.69) is 10.6 Å². The van der Waals surface area contributed by atoms with Crippen molar-refractivity contribution in [1.29, 1.82) is 0 Å². The lowest BCUT2D eigenvalue weighted by molar-refractivity contribution is 0.0744. The van der Waals surface area contributed by atoms with E-state index in [1.807, 2.05) is 7.05 Å². The van der Waals surface area contributed by atoms with Gasteiger partial charge in [0.15, 0.2) is 0 Å². The number of anilines is 1. The molecule has 0 aliphatic carbocycles. The van der Waals surface area contributed by atoms with Gasteiger partial charge in [0, 0.05) is 38.3 Å². The Hall–Kier alpha value is -1.79. The Morgan fingerprint density at radius 1 is 1.41 bits per heavy atom. The fraction of sp³-hybridized carbons (Fsp3) is 0.467. The monoisotopic (exact) mass is 322 g/mol. The van der Waals surface area contributed by atoms with Gasteiger partial charge in [-0.05, 0) is 31.2 Å². The second-order valence-corrected chi connectivity index (χ2v) is 6.02. The maximum atomic E-state index is 12.6. The van der Waals surface area contributed by atoms with Gasteiger partial charge in [-0.25, -0.2) is 4.79 Å². The van der Waals surface area contributed by atoms with Crippen molar-refractivity contribution < 1.29 is 9.59 Å². The van der Waals surface area contributed by atoms with Crippen molar-refractivity contribution in [2.45, 2.75) is 12.5 Å². The number of likely N-dealkylation sites (N-methyl/N-ethyl adjacent to an activating group) is 1. The Balaban J connectivity index is 1.84. The topological polar surface area (TPSA) is 64.7 Å². The third-order valence-corrected chi connectivity index (χ3v) is 4.56. The number of nitrogens with zero attached hydrogens (tertiary/aromatic N) is 2. The Morgan fingerprint density at radius 3 is 2.86 bits per heavy atom. The molecule has 6 nitrogen and oxygen atoms in total. The molecular formula is C15H19ClN4O2. The molecule has 2 heterocycles. The van der Waals surface area contributed by atoms with Crippen LogP contribution in [0.4, 0.5) is 10.5 Å². The normalized spacial score (nSPS) is 21.1. The molecule has 3 amide bonds. The van der Waals surface area contributed by atoms with E-state index in [0.29, 0.717) is 29.4 Å². The smallest absolute Gasteiger partial charge is 0.322 e. The first-order valence-electron chi connectivity index (χ1n) is 7.40. The first kappa shape index (κ1) is 15.1. The van der Waals surface area contributed by atoms with Crippen molar-refractivity contribution >= 4 is 29.2 Å². The number of halogens is 1. The quantitative estimate of drug-likeness (QED) is 0.881. The van der Waals surface area contributed by atoms with Crippen LogP contribution in [0.1, 0.15) is 16.8 Å². The fourth-order valence-electron chi connectivity index (χ4n) is 2.89. The molecule has 22 heavy (non-hydrogen) atoms. The Kier molecular flexibility index (Phi) is 4.22. The van der Waals surface area contributed by atoms with Crippen molar-refractivity contribution in [2.24, 2.45) is 0 Å². The molecule has 2 aliphatic heterocycles. The lowest BCUT2D eigenvalue weighted by atomic mass is 10.1. The van der Waals surface area contributed by atoms with Gasteiger partial charge in [-0.2, -0.15) is 0 Å². The molecule has 0 spiro atoms. The van der Waals surface area contributed by atoms with E-state index >= 15 is 0 Å². The van der Waals surface area contributed by atoms with Crippen molar-refractivity contribution in [3.63, 3.8) is 0 Å². The Bertz CT molecular complexity index is 601. The third-order valence-electron chi connectivity index (χ3n) is 4.24. The molecule has 0 saturated carbocycles. The maximum absolute atomic E-state index is 12.6. The minimum Gasteiger partial charge on any atom is -0.337 e. The van der Waals surface area contributed by atoms with Crippen molar-refractivity contribution in [1.82, 2.24) is 15.5 Å². The van der Waals surface area contributed by atoms with Gasteiger partial charge >= 0.3 is 6.03 Å². The van der Waals surface area contributed by atoms with E-state index in [9.17, 15) is 9.59 Å². The minimum atomic E-state index is -0.181. The zero-order valence-electron chi connectivity index (χ0n) is 12.4. The summed E-state index contributed by atoms with van der Waals surface area (Å²) in [7, 11) is 1.82. The van der Waals surface area contributed by atoms with Gasteiger partial charge < -0.3 is 15.5 Å². The number of hydrogen-bond acceptors (Lipinski definition) is 3. The molecular weight excluding hydrogens is 304 g/mol. The van der Waals surface area contributed by atoms with E-state index in [0.717, 1.165) is 19.5 Å². The SMILES string of the molecule is CN(C(=O)c1ccc(Cl)c(N2CCNC2=O)c1)[C@H]1CCNC1. The van der Waals surface area contributed by atoms with Gasteiger partial charge in [0.05, 0.1) is 10.7 Å². The minimum absolute atomic E-state index is 0.0498. The molecule has 7 heteroatoms. The van der Waals surface area contributed by atoms with Crippen LogP contribution in [0.2, 0.25) is 5.02 Å². The number of benzene rings is 1. The molecule has 0 bridgehead atoms. The highest BCUT2D eigenvalue weighted by atomic mass is 35.5. The van der Waals surface area contributed by atoms with Crippen LogP contribution in [0.5, 0.6) is 0 Å². The molecule has 2 fully saturated rings. The summed E-state index contributed by atoms with van der Waals surface area (Å²) in [5.74, 6) is -0.0498. The van der Waals surface area contributed by atoms with E-state index < -0.39 is 0 Å². The highest BCUT2D eigenvalue weighted by Gasteiger charge is 2.27. The zero-order valence-corrected chi connectivity index (χ0v) is 13.2. The van der Waals surface area contributed by atoms with Crippen molar-refractivity contribution in [3.8, 4) is 0 Å². The molecule has 118 valence electrons. The molecule has 1 aromatic carbocycles. The summed E-state index contributed by atoms with van der Waals surface area (Å²) in [5, 5.41) is 6.46.